The molecule has 0 saturated carbocycles. The summed E-state index contributed by atoms with van der Waals surface area (Å²) in [5.74, 6) is 0.693. The maximum absolute atomic E-state index is 11.9. The highest BCUT2D eigenvalue weighted by molar-refractivity contribution is 5.78. The van der Waals surface area contributed by atoms with Gasteiger partial charge in [0, 0.05) is 6.54 Å². The van der Waals surface area contributed by atoms with Crippen LogP contribution >= 0.6 is 0 Å². The number of nitrogens with one attached hydrogen (secondary N) is 3. The summed E-state index contributed by atoms with van der Waals surface area (Å²) in [4.78, 5) is 19.6. The number of hydrogen-bond acceptors (Lipinski definition) is 3. The van der Waals surface area contributed by atoms with Crippen LogP contribution in [0.1, 0.15) is 28.6 Å². The highest BCUT2D eigenvalue weighted by Gasteiger charge is 2.10. The van der Waals surface area contributed by atoms with E-state index in [9.17, 15) is 9.90 Å². The Morgan fingerprint density at radius 1 is 1.20 bits per heavy atom. The first-order valence-electron chi connectivity index (χ1n) is 8.23. The lowest BCUT2D eigenvalue weighted by atomic mass is 10.1. The fraction of sp³-hybridized carbons (Fsp3) is 0.263. The molecule has 0 bridgehead atoms. The van der Waals surface area contributed by atoms with Crippen LogP contribution in [0, 0.1) is 13.8 Å². The maximum Gasteiger partial charge on any atom is 0.315 e. The molecule has 0 saturated heterocycles. The Morgan fingerprint density at radius 2 is 2.00 bits per heavy atom. The molecular formula is C19H22N4O2. The Labute approximate surface area is 146 Å². The molecule has 1 unspecified atom stereocenters. The van der Waals surface area contributed by atoms with E-state index in [1.54, 1.807) is 0 Å². The molecule has 1 aromatic heterocycles. The zero-order chi connectivity index (χ0) is 17.8. The molecule has 130 valence electrons. The Morgan fingerprint density at radius 3 is 2.76 bits per heavy atom. The second kappa shape index (κ2) is 7.36. The number of H-pyrrole nitrogens is 1. The summed E-state index contributed by atoms with van der Waals surface area (Å²) in [5, 5.41) is 15.6. The number of amides is 2. The van der Waals surface area contributed by atoms with Crippen LogP contribution in [0.15, 0.2) is 42.5 Å². The van der Waals surface area contributed by atoms with Crippen LogP contribution in [0.2, 0.25) is 0 Å². The predicted molar refractivity (Wildman–Crippen MR) is 97.2 cm³/mol. The maximum atomic E-state index is 11.9. The summed E-state index contributed by atoms with van der Waals surface area (Å²) in [7, 11) is 0. The van der Waals surface area contributed by atoms with Crippen molar-refractivity contribution in [3.8, 4) is 0 Å². The smallest absolute Gasteiger partial charge is 0.315 e. The third kappa shape index (κ3) is 4.16. The van der Waals surface area contributed by atoms with Gasteiger partial charge in [-0.15, -0.1) is 0 Å². The molecule has 2 aromatic carbocycles. The summed E-state index contributed by atoms with van der Waals surface area (Å²) in [5.41, 5.74) is 4.81. The number of imidazole rings is 1. The van der Waals surface area contributed by atoms with E-state index in [0.717, 1.165) is 27.7 Å². The predicted octanol–water partition coefficient (Wildman–Crippen LogP) is 2.71. The van der Waals surface area contributed by atoms with Gasteiger partial charge in [0.25, 0.3) is 0 Å². The lowest BCUT2D eigenvalue weighted by molar-refractivity contribution is 0.173. The van der Waals surface area contributed by atoms with Crippen molar-refractivity contribution in [3.63, 3.8) is 0 Å². The van der Waals surface area contributed by atoms with Gasteiger partial charge in [0.15, 0.2) is 0 Å². The van der Waals surface area contributed by atoms with E-state index in [4.69, 9.17) is 0 Å². The van der Waals surface area contributed by atoms with E-state index in [2.05, 4.69) is 20.6 Å². The van der Waals surface area contributed by atoms with Crippen LogP contribution in [-0.4, -0.2) is 27.7 Å². The number of aliphatic hydroxyl groups excluding tert-OH is 1. The SMILES string of the molecule is Cc1cccc(C(O)CNC(=O)NCc2nc3c(C)cccc3[nH]2)c1. The first-order chi connectivity index (χ1) is 12.0. The van der Waals surface area contributed by atoms with Gasteiger partial charge in [-0.05, 0) is 31.0 Å². The van der Waals surface area contributed by atoms with E-state index >= 15 is 0 Å². The number of benzene rings is 2. The van der Waals surface area contributed by atoms with Crippen LogP contribution < -0.4 is 10.6 Å². The lowest BCUT2D eigenvalue weighted by Crippen LogP contribution is -2.37. The summed E-state index contributed by atoms with van der Waals surface area (Å²) in [6.07, 6.45) is -0.737. The number of aromatic amines is 1. The van der Waals surface area contributed by atoms with Crippen molar-refractivity contribution in [1.82, 2.24) is 20.6 Å². The minimum atomic E-state index is -0.737. The van der Waals surface area contributed by atoms with Crippen molar-refractivity contribution in [2.75, 3.05) is 6.54 Å². The number of hydrogen-bond donors (Lipinski definition) is 4. The molecule has 0 spiro atoms. The van der Waals surface area contributed by atoms with Gasteiger partial charge in [0.05, 0.1) is 23.7 Å². The number of fused-ring (bicyclic) bond motifs is 1. The van der Waals surface area contributed by atoms with Gasteiger partial charge in [-0.3, -0.25) is 0 Å². The molecule has 2 amide bonds. The third-order valence-electron chi connectivity index (χ3n) is 4.06. The van der Waals surface area contributed by atoms with Crippen molar-refractivity contribution in [1.29, 1.82) is 0 Å². The monoisotopic (exact) mass is 338 g/mol. The van der Waals surface area contributed by atoms with Crippen LogP contribution in [-0.2, 0) is 6.54 Å². The Bertz CT molecular complexity index is 888. The summed E-state index contributed by atoms with van der Waals surface area (Å²) in [6, 6.07) is 13.2. The van der Waals surface area contributed by atoms with Gasteiger partial charge in [-0.2, -0.15) is 0 Å². The molecule has 0 aliphatic rings. The number of aryl methyl sites for hydroxylation is 2. The van der Waals surface area contributed by atoms with Crippen molar-refractivity contribution in [2.24, 2.45) is 0 Å². The van der Waals surface area contributed by atoms with Gasteiger partial charge >= 0.3 is 6.03 Å². The number of carbonyl (C=O) groups excluding carboxylic acids is 1. The average Bonchev–Trinajstić information content (AvgIpc) is 3.02. The number of para-hydroxylation sites is 1. The largest absolute Gasteiger partial charge is 0.387 e. The van der Waals surface area contributed by atoms with E-state index < -0.39 is 6.10 Å². The molecule has 0 fully saturated rings. The van der Waals surface area contributed by atoms with Crippen LogP contribution in [0.25, 0.3) is 11.0 Å². The summed E-state index contributed by atoms with van der Waals surface area (Å²) < 4.78 is 0. The van der Waals surface area contributed by atoms with Crippen molar-refractivity contribution < 1.29 is 9.90 Å². The van der Waals surface area contributed by atoms with E-state index in [0.29, 0.717) is 12.4 Å². The fourth-order valence-corrected chi connectivity index (χ4v) is 2.72. The van der Waals surface area contributed by atoms with Gasteiger partial charge < -0.3 is 20.7 Å². The highest BCUT2D eigenvalue weighted by Crippen LogP contribution is 2.15. The van der Waals surface area contributed by atoms with Crippen LogP contribution in [0.5, 0.6) is 0 Å². The Hall–Kier alpha value is -2.86. The van der Waals surface area contributed by atoms with Crippen molar-refractivity contribution in [2.45, 2.75) is 26.5 Å². The highest BCUT2D eigenvalue weighted by atomic mass is 16.3. The summed E-state index contributed by atoms with van der Waals surface area (Å²) in [6.45, 7) is 4.40. The normalized spacial score (nSPS) is 12.1. The Kier molecular flexibility index (Phi) is 5.00. The van der Waals surface area contributed by atoms with E-state index in [1.807, 2.05) is 56.3 Å². The minimum Gasteiger partial charge on any atom is -0.387 e. The Balaban J connectivity index is 1.51. The van der Waals surface area contributed by atoms with Gasteiger partial charge in [0.2, 0.25) is 0 Å². The number of aromatic nitrogens is 2. The molecule has 6 nitrogen and oxygen atoms in total. The topological polar surface area (TPSA) is 90.0 Å². The second-order valence-electron chi connectivity index (χ2n) is 6.15. The van der Waals surface area contributed by atoms with E-state index in [1.165, 1.54) is 0 Å². The zero-order valence-corrected chi connectivity index (χ0v) is 14.3. The zero-order valence-electron chi connectivity index (χ0n) is 14.3. The van der Waals surface area contributed by atoms with Crippen LogP contribution in [0.4, 0.5) is 4.79 Å². The number of rotatable bonds is 5. The van der Waals surface area contributed by atoms with Crippen molar-refractivity contribution in [3.05, 3.63) is 65.0 Å². The molecule has 4 N–H and O–H groups in total. The first-order valence-corrected chi connectivity index (χ1v) is 8.23. The molecule has 6 heteroatoms. The van der Waals surface area contributed by atoms with Gasteiger partial charge in [0.1, 0.15) is 5.82 Å². The summed E-state index contributed by atoms with van der Waals surface area (Å²) >= 11 is 0. The van der Waals surface area contributed by atoms with Gasteiger partial charge in [-0.25, -0.2) is 9.78 Å². The second-order valence-corrected chi connectivity index (χ2v) is 6.15. The number of nitrogens with zero attached hydrogens (tertiary/aromatic N) is 1. The van der Waals surface area contributed by atoms with Crippen molar-refractivity contribution >= 4 is 17.1 Å². The fourth-order valence-electron chi connectivity index (χ4n) is 2.72. The average molecular weight is 338 g/mol. The number of carbonyl (C=O) groups is 1. The van der Waals surface area contributed by atoms with Gasteiger partial charge in [-0.1, -0.05) is 42.0 Å². The third-order valence-corrected chi connectivity index (χ3v) is 4.06. The lowest BCUT2D eigenvalue weighted by Gasteiger charge is -2.13. The molecule has 0 aliphatic heterocycles. The number of urea groups is 1. The molecular weight excluding hydrogens is 316 g/mol. The molecule has 1 heterocycles. The molecule has 3 aromatic rings. The van der Waals surface area contributed by atoms with E-state index in [-0.39, 0.29) is 12.6 Å². The number of aliphatic hydroxyl groups is 1. The molecule has 25 heavy (non-hydrogen) atoms. The van der Waals surface area contributed by atoms with Crippen LogP contribution in [0.3, 0.4) is 0 Å². The first kappa shape index (κ1) is 17.0. The quantitative estimate of drug-likeness (QED) is 0.576. The molecule has 0 radical (unpaired) electrons. The standard InChI is InChI=1S/C19H22N4O2/c1-12-5-3-7-14(9-12)16(24)10-20-19(25)21-11-17-22-15-8-4-6-13(2)18(15)23-17/h3-9,16,24H,10-11H2,1-2H3,(H,22,23)(H2,20,21,25). The molecule has 0 aliphatic carbocycles. The minimum absolute atomic E-state index is 0.147. The molecule has 1 atom stereocenters. The molecule has 3 rings (SSSR count).